The highest BCUT2D eigenvalue weighted by Crippen LogP contribution is 2.11. The molecule has 3 N–H and O–H groups in total. The van der Waals surface area contributed by atoms with Crippen molar-refractivity contribution < 1.29 is 4.79 Å². The van der Waals surface area contributed by atoms with Crippen molar-refractivity contribution >= 4 is 23.1 Å². The average Bonchev–Trinajstić information content (AvgIpc) is 2.37. The molecule has 0 aromatic rings. The summed E-state index contributed by atoms with van der Waals surface area (Å²) in [6.45, 7) is 12.4. The molecule has 0 aromatic carbocycles. The molecule has 6 heteroatoms. The number of thiocarbonyl (C=S) groups is 1. The zero-order valence-corrected chi connectivity index (χ0v) is 13.9. The van der Waals surface area contributed by atoms with Gasteiger partial charge in [-0.2, -0.15) is 0 Å². The third-order valence-electron chi connectivity index (χ3n) is 4.06. The average molecular weight is 300 g/mol. The van der Waals surface area contributed by atoms with Crippen molar-refractivity contribution in [2.24, 2.45) is 5.73 Å². The van der Waals surface area contributed by atoms with Crippen LogP contribution in [-0.2, 0) is 4.79 Å². The van der Waals surface area contributed by atoms with Crippen molar-refractivity contribution in [1.29, 1.82) is 0 Å². The standard InChI is InChI=1S/C14H28N4OS/c1-5-14(3,4)16-13(19)11(2)18-8-6-17(7-9-18)10-12(15)20/h11H,5-10H2,1-4H3,(H2,15,20)(H,16,19). The Kier molecular flexibility index (Phi) is 6.36. The monoisotopic (exact) mass is 300 g/mol. The van der Waals surface area contributed by atoms with Crippen molar-refractivity contribution in [3.63, 3.8) is 0 Å². The molecule has 20 heavy (non-hydrogen) atoms. The molecule has 0 spiro atoms. The Morgan fingerprint density at radius 3 is 2.35 bits per heavy atom. The number of carbonyl (C=O) groups is 1. The summed E-state index contributed by atoms with van der Waals surface area (Å²) in [6.07, 6.45) is 0.924. The van der Waals surface area contributed by atoms with Gasteiger partial charge >= 0.3 is 0 Å². The molecule has 116 valence electrons. The summed E-state index contributed by atoms with van der Waals surface area (Å²) < 4.78 is 0. The second-order valence-electron chi connectivity index (χ2n) is 6.18. The lowest BCUT2D eigenvalue weighted by molar-refractivity contribution is -0.128. The quantitative estimate of drug-likeness (QED) is 0.703. The van der Waals surface area contributed by atoms with Crippen molar-refractivity contribution in [2.75, 3.05) is 32.7 Å². The zero-order chi connectivity index (χ0) is 15.3. The van der Waals surface area contributed by atoms with Crippen LogP contribution in [0.1, 0.15) is 34.1 Å². The number of nitrogens with zero attached hydrogens (tertiary/aromatic N) is 2. The lowest BCUT2D eigenvalue weighted by Crippen LogP contribution is -2.57. The van der Waals surface area contributed by atoms with Crippen LogP contribution in [0.4, 0.5) is 0 Å². The topological polar surface area (TPSA) is 61.6 Å². The van der Waals surface area contributed by atoms with E-state index in [4.69, 9.17) is 18.0 Å². The van der Waals surface area contributed by atoms with Gasteiger partial charge in [0.15, 0.2) is 0 Å². The van der Waals surface area contributed by atoms with Crippen LogP contribution in [0.3, 0.4) is 0 Å². The molecule has 5 nitrogen and oxygen atoms in total. The SMILES string of the molecule is CCC(C)(C)NC(=O)C(C)N1CCN(CC(N)=S)CC1. The Hall–Kier alpha value is -0.720. The first-order chi connectivity index (χ1) is 9.25. The van der Waals surface area contributed by atoms with E-state index in [1.54, 1.807) is 0 Å². The Morgan fingerprint density at radius 1 is 1.35 bits per heavy atom. The Bertz CT molecular complexity index is 351. The lowest BCUT2D eigenvalue weighted by atomic mass is 10.0. The Labute approximate surface area is 127 Å². The minimum Gasteiger partial charge on any atom is -0.392 e. The third-order valence-corrected chi connectivity index (χ3v) is 4.19. The van der Waals surface area contributed by atoms with Gasteiger partial charge in [-0.15, -0.1) is 0 Å². The molecule has 0 aliphatic carbocycles. The molecule has 1 aliphatic rings. The van der Waals surface area contributed by atoms with Crippen LogP contribution in [0.2, 0.25) is 0 Å². The highest BCUT2D eigenvalue weighted by molar-refractivity contribution is 7.80. The number of rotatable bonds is 6. The van der Waals surface area contributed by atoms with E-state index in [9.17, 15) is 4.79 Å². The predicted octanol–water partition coefficient (Wildman–Crippen LogP) is 0.583. The van der Waals surface area contributed by atoms with Crippen molar-refractivity contribution in [2.45, 2.75) is 45.7 Å². The summed E-state index contributed by atoms with van der Waals surface area (Å²) in [5.41, 5.74) is 5.42. The Balaban J connectivity index is 2.44. The smallest absolute Gasteiger partial charge is 0.237 e. The van der Waals surface area contributed by atoms with Crippen LogP contribution < -0.4 is 11.1 Å². The molecule has 1 saturated heterocycles. The molecule has 1 amide bonds. The molecular weight excluding hydrogens is 272 g/mol. The number of nitrogens with one attached hydrogen (secondary N) is 1. The first-order valence-corrected chi connectivity index (χ1v) is 7.72. The second-order valence-corrected chi connectivity index (χ2v) is 6.71. The summed E-state index contributed by atoms with van der Waals surface area (Å²) in [7, 11) is 0. The van der Waals surface area contributed by atoms with Crippen LogP contribution in [0.5, 0.6) is 0 Å². The van der Waals surface area contributed by atoms with Crippen molar-refractivity contribution in [1.82, 2.24) is 15.1 Å². The van der Waals surface area contributed by atoms with Gasteiger partial charge in [-0.3, -0.25) is 14.6 Å². The first kappa shape index (κ1) is 17.3. The highest BCUT2D eigenvalue weighted by Gasteiger charge is 2.28. The van der Waals surface area contributed by atoms with E-state index in [1.165, 1.54) is 0 Å². The molecule has 1 atom stereocenters. The van der Waals surface area contributed by atoms with E-state index in [-0.39, 0.29) is 17.5 Å². The maximum atomic E-state index is 12.3. The number of hydrogen-bond donors (Lipinski definition) is 2. The van der Waals surface area contributed by atoms with E-state index in [0.29, 0.717) is 11.5 Å². The molecule has 1 fully saturated rings. The molecular formula is C14H28N4OS. The molecule has 0 radical (unpaired) electrons. The maximum absolute atomic E-state index is 12.3. The maximum Gasteiger partial charge on any atom is 0.237 e. The summed E-state index contributed by atoms with van der Waals surface area (Å²) in [5, 5.41) is 3.11. The number of carbonyl (C=O) groups excluding carboxylic acids is 1. The van der Waals surface area contributed by atoms with Gasteiger partial charge < -0.3 is 11.1 Å². The molecule has 0 aromatic heterocycles. The fourth-order valence-electron chi connectivity index (χ4n) is 2.22. The number of amides is 1. The minimum absolute atomic E-state index is 0.0900. The minimum atomic E-state index is -0.140. The molecule has 1 heterocycles. The third kappa shape index (κ3) is 5.34. The van der Waals surface area contributed by atoms with Crippen LogP contribution in [0, 0.1) is 0 Å². The van der Waals surface area contributed by atoms with Crippen molar-refractivity contribution in [3.05, 3.63) is 0 Å². The van der Waals surface area contributed by atoms with E-state index in [0.717, 1.165) is 32.6 Å². The number of piperazine rings is 1. The largest absolute Gasteiger partial charge is 0.392 e. The predicted molar refractivity (Wildman–Crippen MR) is 86.8 cm³/mol. The van der Waals surface area contributed by atoms with Gasteiger partial charge in [0.1, 0.15) is 0 Å². The van der Waals surface area contributed by atoms with Crippen molar-refractivity contribution in [3.8, 4) is 0 Å². The van der Waals surface area contributed by atoms with Crippen LogP contribution >= 0.6 is 12.2 Å². The first-order valence-electron chi connectivity index (χ1n) is 7.32. The molecule has 1 rings (SSSR count). The van der Waals surface area contributed by atoms with E-state index < -0.39 is 0 Å². The fraction of sp³-hybridized carbons (Fsp3) is 0.857. The molecule has 1 unspecified atom stereocenters. The van der Waals surface area contributed by atoms with Gasteiger partial charge in [-0.1, -0.05) is 19.1 Å². The van der Waals surface area contributed by atoms with E-state index in [2.05, 4.69) is 35.9 Å². The summed E-state index contributed by atoms with van der Waals surface area (Å²) in [6, 6.07) is -0.0900. The number of nitrogens with two attached hydrogens (primary N) is 1. The van der Waals surface area contributed by atoms with Crippen LogP contribution in [-0.4, -0.2) is 65.0 Å². The molecule has 0 saturated carbocycles. The summed E-state index contributed by atoms with van der Waals surface area (Å²) >= 11 is 4.93. The van der Waals surface area contributed by atoms with Gasteiger partial charge in [0.25, 0.3) is 0 Å². The summed E-state index contributed by atoms with van der Waals surface area (Å²) in [4.78, 5) is 17.3. The van der Waals surface area contributed by atoms with E-state index in [1.807, 2.05) is 6.92 Å². The summed E-state index contributed by atoms with van der Waals surface area (Å²) in [5.74, 6) is 0.111. The van der Waals surface area contributed by atoms with Crippen LogP contribution in [0.25, 0.3) is 0 Å². The van der Waals surface area contributed by atoms with Gasteiger partial charge in [-0.05, 0) is 27.2 Å². The van der Waals surface area contributed by atoms with Gasteiger partial charge in [0, 0.05) is 38.3 Å². The fourth-order valence-corrected chi connectivity index (χ4v) is 2.40. The van der Waals surface area contributed by atoms with Crippen LogP contribution in [0.15, 0.2) is 0 Å². The molecule has 1 aliphatic heterocycles. The van der Waals surface area contributed by atoms with E-state index >= 15 is 0 Å². The normalized spacial score (nSPS) is 19.6. The van der Waals surface area contributed by atoms with Gasteiger partial charge in [0.05, 0.1) is 11.0 Å². The highest BCUT2D eigenvalue weighted by atomic mass is 32.1. The second kappa shape index (κ2) is 7.33. The van der Waals surface area contributed by atoms with Gasteiger partial charge in [0.2, 0.25) is 5.91 Å². The number of hydrogen-bond acceptors (Lipinski definition) is 4. The Morgan fingerprint density at radius 2 is 1.90 bits per heavy atom. The lowest BCUT2D eigenvalue weighted by Gasteiger charge is -2.38. The van der Waals surface area contributed by atoms with Gasteiger partial charge in [-0.25, -0.2) is 0 Å². The zero-order valence-electron chi connectivity index (χ0n) is 13.1. The molecule has 0 bridgehead atoms.